The molecule has 1 saturated heterocycles. The average molecular weight is 418 g/mol. The number of hydrogen-bond donors (Lipinski definition) is 2. The van der Waals surface area contributed by atoms with Crippen LogP contribution in [-0.2, 0) is 26.5 Å². The summed E-state index contributed by atoms with van der Waals surface area (Å²) in [7, 11) is -6.66. The first-order valence-corrected chi connectivity index (χ1v) is 11.5. The molecule has 0 spiro atoms. The maximum absolute atomic E-state index is 12.6. The maximum atomic E-state index is 12.6. The fourth-order valence-corrected chi connectivity index (χ4v) is 5.86. The van der Waals surface area contributed by atoms with Gasteiger partial charge in [0.25, 0.3) is 10.0 Å². The molecule has 0 aromatic carbocycles. The lowest BCUT2D eigenvalue weighted by Crippen LogP contribution is -2.33. The second kappa shape index (κ2) is 9.46. The summed E-state index contributed by atoms with van der Waals surface area (Å²) < 4.78 is 52.3. The molecule has 7 nitrogen and oxygen atoms in total. The summed E-state index contributed by atoms with van der Waals surface area (Å²) in [6.45, 7) is 4.36. The molecular weight excluding hydrogens is 394 g/mol. The van der Waals surface area contributed by atoms with E-state index in [4.69, 9.17) is 0 Å². The van der Waals surface area contributed by atoms with Gasteiger partial charge in [-0.2, -0.15) is 4.31 Å². The first kappa shape index (κ1) is 21.8. The molecule has 2 heterocycles. The minimum absolute atomic E-state index is 0. The highest BCUT2D eigenvalue weighted by Gasteiger charge is 2.26. The van der Waals surface area contributed by atoms with E-state index in [1.54, 1.807) is 19.1 Å². The molecule has 0 atom stereocenters. The first-order valence-electron chi connectivity index (χ1n) is 7.62. The summed E-state index contributed by atoms with van der Waals surface area (Å²) >= 11 is 1.21. The van der Waals surface area contributed by atoms with E-state index in [9.17, 15) is 16.8 Å². The molecule has 0 bridgehead atoms. The van der Waals surface area contributed by atoms with E-state index >= 15 is 0 Å². The number of rotatable bonds is 7. The van der Waals surface area contributed by atoms with Crippen molar-refractivity contribution < 1.29 is 16.8 Å². The van der Waals surface area contributed by atoms with Crippen LogP contribution in [0.5, 0.6) is 0 Å². The van der Waals surface area contributed by atoms with E-state index in [0.717, 1.165) is 17.8 Å². The van der Waals surface area contributed by atoms with Crippen LogP contribution < -0.4 is 10.0 Å². The maximum Gasteiger partial charge on any atom is 0.252 e. The molecule has 0 amide bonds. The van der Waals surface area contributed by atoms with Crippen LogP contribution in [0.3, 0.4) is 0 Å². The molecule has 0 aliphatic carbocycles. The summed E-state index contributed by atoms with van der Waals surface area (Å²) in [5, 5.41) is 3.19. The molecule has 24 heavy (non-hydrogen) atoms. The van der Waals surface area contributed by atoms with Crippen LogP contribution in [0.1, 0.15) is 18.2 Å². The second-order valence-electron chi connectivity index (χ2n) is 5.28. The lowest BCUT2D eigenvalue weighted by Gasteiger charge is -2.18. The van der Waals surface area contributed by atoms with Crippen LogP contribution in [0.4, 0.5) is 0 Å². The van der Waals surface area contributed by atoms with Crippen LogP contribution in [0.15, 0.2) is 16.3 Å². The second-order valence-corrected chi connectivity index (χ2v) is 10.7. The Hall–Kier alpha value is -0.230. The van der Waals surface area contributed by atoms with Gasteiger partial charge in [0.2, 0.25) is 10.0 Å². The zero-order chi connectivity index (χ0) is 16.9. The molecule has 2 N–H and O–H groups in total. The monoisotopic (exact) mass is 417 g/mol. The van der Waals surface area contributed by atoms with Gasteiger partial charge in [-0.1, -0.05) is 0 Å². The molecule has 1 aromatic heterocycles. The zero-order valence-corrected chi connectivity index (χ0v) is 16.8. The highest BCUT2D eigenvalue weighted by molar-refractivity contribution is 7.91. The lowest BCUT2D eigenvalue weighted by molar-refractivity contribution is 0.433. The predicted octanol–water partition coefficient (Wildman–Crippen LogP) is 0.636. The molecule has 1 fully saturated rings. The Kier molecular flexibility index (Phi) is 8.60. The Bertz CT molecular complexity index is 711. The van der Waals surface area contributed by atoms with Crippen LogP contribution in [0, 0.1) is 0 Å². The summed E-state index contributed by atoms with van der Waals surface area (Å²) in [4.78, 5) is 0.857. The lowest BCUT2D eigenvalue weighted by atomic mass is 10.3. The van der Waals surface area contributed by atoms with Crippen molar-refractivity contribution >= 4 is 43.8 Å². The van der Waals surface area contributed by atoms with Gasteiger partial charge in [-0.3, -0.25) is 0 Å². The minimum Gasteiger partial charge on any atom is -0.315 e. The van der Waals surface area contributed by atoms with Crippen molar-refractivity contribution in [3.05, 3.63) is 17.0 Å². The van der Waals surface area contributed by atoms with Crippen molar-refractivity contribution in [2.45, 2.75) is 24.0 Å². The van der Waals surface area contributed by atoms with Crippen molar-refractivity contribution in [1.29, 1.82) is 0 Å². The summed E-state index contributed by atoms with van der Waals surface area (Å²) in [6.07, 6.45) is 1.29. The highest BCUT2D eigenvalue weighted by atomic mass is 35.5. The fourth-order valence-electron chi connectivity index (χ4n) is 2.25. The molecule has 2 rings (SSSR count). The number of halogens is 1. The number of sulfonamides is 2. The topological polar surface area (TPSA) is 95.6 Å². The molecule has 140 valence electrons. The third kappa shape index (κ3) is 5.94. The fraction of sp³-hybridized carbons (Fsp3) is 0.692. The van der Waals surface area contributed by atoms with Crippen LogP contribution in [-0.4, -0.2) is 59.6 Å². The van der Waals surface area contributed by atoms with E-state index < -0.39 is 20.0 Å². The van der Waals surface area contributed by atoms with Crippen molar-refractivity contribution in [3.8, 4) is 0 Å². The van der Waals surface area contributed by atoms with Gasteiger partial charge in [0.1, 0.15) is 4.21 Å². The smallest absolute Gasteiger partial charge is 0.252 e. The number of hydrogen-bond acceptors (Lipinski definition) is 6. The quantitative estimate of drug-likeness (QED) is 0.678. The number of nitrogens with zero attached hydrogens (tertiary/aromatic N) is 1. The van der Waals surface area contributed by atoms with Gasteiger partial charge >= 0.3 is 0 Å². The standard InChI is InChI=1S/C13H23N3O4S3.ClH/c1-2-22(17,18)15-8-6-12-4-5-13(21-12)23(19,20)16-10-3-7-14-9-11-16;/h4-5,14-15H,2-3,6-11H2,1H3;1H. The first-order chi connectivity index (χ1) is 10.8. The SMILES string of the molecule is CCS(=O)(=O)NCCc1ccc(S(=O)(=O)N2CCCNCC2)s1.Cl. The molecule has 0 unspecified atom stereocenters. The Morgan fingerprint density at radius 2 is 1.96 bits per heavy atom. The normalized spacial score (nSPS) is 17.2. The molecule has 0 radical (unpaired) electrons. The minimum atomic E-state index is -3.45. The Labute approximate surface area is 154 Å². The third-order valence-corrected chi connectivity index (χ3v) is 8.52. The Morgan fingerprint density at radius 3 is 2.67 bits per heavy atom. The van der Waals surface area contributed by atoms with Gasteiger partial charge in [0.05, 0.1) is 5.75 Å². The van der Waals surface area contributed by atoms with Gasteiger partial charge in [-0.25, -0.2) is 21.6 Å². The van der Waals surface area contributed by atoms with Crippen molar-refractivity contribution in [3.63, 3.8) is 0 Å². The largest absolute Gasteiger partial charge is 0.315 e. The van der Waals surface area contributed by atoms with E-state index in [-0.39, 0.29) is 24.7 Å². The van der Waals surface area contributed by atoms with Gasteiger partial charge in [0.15, 0.2) is 0 Å². The third-order valence-electron chi connectivity index (χ3n) is 3.60. The molecule has 1 aliphatic rings. The Balaban J connectivity index is 0.00000288. The zero-order valence-electron chi connectivity index (χ0n) is 13.5. The van der Waals surface area contributed by atoms with Crippen molar-refractivity contribution in [2.24, 2.45) is 0 Å². The Morgan fingerprint density at radius 1 is 1.21 bits per heavy atom. The van der Waals surface area contributed by atoms with Gasteiger partial charge in [-0.15, -0.1) is 23.7 Å². The molecular formula is C13H24ClN3O4S3. The molecule has 0 saturated carbocycles. The average Bonchev–Trinajstić information content (AvgIpc) is 2.81. The van der Waals surface area contributed by atoms with E-state index in [0.29, 0.717) is 30.3 Å². The summed E-state index contributed by atoms with van der Waals surface area (Å²) in [5.41, 5.74) is 0. The van der Waals surface area contributed by atoms with Gasteiger partial charge in [-0.05, 0) is 38.4 Å². The van der Waals surface area contributed by atoms with Crippen molar-refractivity contribution in [1.82, 2.24) is 14.3 Å². The van der Waals surface area contributed by atoms with Gasteiger partial charge in [0, 0.05) is 31.1 Å². The van der Waals surface area contributed by atoms with Crippen molar-refractivity contribution in [2.75, 3.05) is 38.5 Å². The summed E-state index contributed by atoms with van der Waals surface area (Å²) in [5.74, 6) is 0.0417. The number of thiophene rings is 1. The van der Waals surface area contributed by atoms with Crippen LogP contribution in [0.25, 0.3) is 0 Å². The highest BCUT2D eigenvalue weighted by Crippen LogP contribution is 2.25. The van der Waals surface area contributed by atoms with E-state index in [2.05, 4.69) is 10.0 Å². The number of nitrogens with one attached hydrogen (secondary N) is 2. The van der Waals surface area contributed by atoms with E-state index in [1.807, 2.05) is 0 Å². The molecule has 1 aromatic rings. The molecule has 1 aliphatic heterocycles. The van der Waals surface area contributed by atoms with Gasteiger partial charge < -0.3 is 5.32 Å². The summed E-state index contributed by atoms with van der Waals surface area (Å²) in [6, 6.07) is 3.37. The predicted molar refractivity (Wildman–Crippen MR) is 99.0 cm³/mol. The van der Waals surface area contributed by atoms with Crippen LogP contribution in [0.2, 0.25) is 0 Å². The molecule has 11 heteroatoms. The van der Waals surface area contributed by atoms with Crippen LogP contribution >= 0.6 is 23.7 Å². The van der Waals surface area contributed by atoms with E-state index in [1.165, 1.54) is 15.6 Å².